The normalized spacial score (nSPS) is 13.1. The van der Waals surface area contributed by atoms with E-state index in [4.69, 9.17) is 11.6 Å². The lowest BCUT2D eigenvalue weighted by atomic mass is 9.87. The highest BCUT2D eigenvalue weighted by Gasteiger charge is 2.31. The number of nitrogens with one attached hydrogen (secondary N) is 1. The van der Waals surface area contributed by atoms with E-state index in [1.165, 1.54) is 12.1 Å². The predicted molar refractivity (Wildman–Crippen MR) is 137 cm³/mol. The van der Waals surface area contributed by atoms with Crippen molar-refractivity contribution in [2.45, 2.75) is 44.8 Å². The minimum absolute atomic E-state index is 0.152. The van der Waals surface area contributed by atoms with Crippen LogP contribution < -0.4 is 4.72 Å². The van der Waals surface area contributed by atoms with Gasteiger partial charge in [0, 0.05) is 43.1 Å². The van der Waals surface area contributed by atoms with Gasteiger partial charge in [-0.1, -0.05) is 50.6 Å². The SMILES string of the molecule is CC(C)(C)[C@@H](CN(Cc1ccc(C(=O)O)cc1)Cc1cccnc1)NS(=O)(=O)c1ccc(Cl)cc1. The Morgan fingerprint density at radius 2 is 1.66 bits per heavy atom. The Labute approximate surface area is 211 Å². The van der Waals surface area contributed by atoms with Crippen LogP contribution in [0.25, 0.3) is 0 Å². The zero-order valence-corrected chi connectivity index (χ0v) is 21.6. The summed E-state index contributed by atoms with van der Waals surface area (Å²) in [6.45, 7) is 7.45. The summed E-state index contributed by atoms with van der Waals surface area (Å²) in [4.78, 5) is 17.7. The molecule has 1 atom stereocenters. The molecule has 0 saturated heterocycles. The maximum Gasteiger partial charge on any atom is 0.335 e. The minimum Gasteiger partial charge on any atom is -0.478 e. The van der Waals surface area contributed by atoms with Crippen molar-refractivity contribution in [1.82, 2.24) is 14.6 Å². The van der Waals surface area contributed by atoms with E-state index >= 15 is 0 Å². The van der Waals surface area contributed by atoms with Gasteiger partial charge in [0.2, 0.25) is 10.0 Å². The first-order valence-corrected chi connectivity index (χ1v) is 13.0. The summed E-state index contributed by atoms with van der Waals surface area (Å²) in [5, 5.41) is 9.65. The molecule has 2 N–H and O–H groups in total. The van der Waals surface area contributed by atoms with E-state index in [9.17, 15) is 18.3 Å². The average Bonchev–Trinajstić information content (AvgIpc) is 2.79. The second kappa shape index (κ2) is 11.3. The van der Waals surface area contributed by atoms with Crippen molar-refractivity contribution in [3.05, 3.63) is 94.8 Å². The van der Waals surface area contributed by atoms with Crippen LogP contribution in [0.15, 0.2) is 78.0 Å². The third kappa shape index (κ3) is 7.86. The molecule has 0 spiro atoms. The number of aromatic carboxylic acids is 1. The number of benzene rings is 2. The summed E-state index contributed by atoms with van der Waals surface area (Å²) in [6, 6.07) is 16.2. The van der Waals surface area contributed by atoms with Gasteiger partial charge in [0.1, 0.15) is 0 Å². The van der Waals surface area contributed by atoms with Crippen molar-refractivity contribution in [2.24, 2.45) is 5.41 Å². The van der Waals surface area contributed by atoms with Crippen molar-refractivity contribution in [1.29, 1.82) is 0 Å². The Kier molecular flexibility index (Phi) is 8.66. The second-order valence-electron chi connectivity index (χ2n) is 9.53. The molecule has 186 valence electrons. The first-order chi connectivity index (χ1) is 16.4. The smallest absolute Gasteiger partial charge is 0.335 e. The van der Waals surface area contributed by atoms with Crippen LogP contribution in [0.5, 0.6) is 0 Å². The fourth-order valence-electron chi connectivity index (χ4n) is 3.56. The molecular weight excluding hydrogens is 486 g/mol. The van der Waals surface area contributed by atoms with Gasteiger partial charge in [-0.25, -0.2) is 17.9 Å². The summed E-state index contributed by atoms with van der Waals surface area (Å²) < 4.78 is 29.2. The van der Waals surface area contributed by atoms with Gasteiger partial charge in [0.05, 0.1) is 10.5 Å². The van der Waals surface area contributed by atoms with Gasteiger partial charge >= 0.3 is 5.97 Å². The number of sulfonamides is 1. The van der Waals surface area contributed by atoms with E-state index in [1.54, 1.807) is 48.8 Å². The van der Waals surface area contributed by atoms with Crippen molar-refractivity contribution in [3.8, 4) is 0 Å². The Bertz CT molecular complexity index is 1230. The van der Waals surface area contributed by atoms with Crippen molar-refractivity contribution in [3.63, 3.8) is 0 Å². The molecule has 7 nitrogen and oxygen atoms in total. The van der Waals surface area contributed by atoms with E-state index in [-0.39, 0.29) is 15.9 Å². The highest BCUT2D eigenvalue weighted by Crippen LogP contribution is 2.24. The molecule has 0 radical (unpaired) electrons. The number of rotatable bonds is 10. The first kappa shape index (κ1) is 26.8. The molecule has 0 bridgehead atoms. The van der Waals surface area contributed by atoms with Crippen molar-refractivity contribution < 1.29 is 18.3 Å². The van der Waals surface area contributed by atoms with Crippen LogP contribution in [0.2, 0.25) is 5.02 Å². The number of carboxylic acids is 1. The average molecular weight is 516 g/mol. The molecule has 1 heterocycles. The van der Waals surface area contributed by atoms with Crippen molar-refractivity contribution in [2.75, 3.05) is 6.54 Å². The number of nitrogens with zero attached hydrogens (tertiary/aromatic N) is 2. The molecule has 0 fully saturated rings. The summed E-state index contributed by atoms with van der Waals surface area (Å²) in [5.74, 6) is -0.979. The number of pyridine rings is 1. The van der Waals surface area contributed by atoms with Gasteiger partial charge in [0.25, 0.3) is 0 Å². The molecule has 9 heteroatoms. The quantitative estimate of drug-likeness (QED) is 0.401. The lowest BCUT2D eigenvalue weighted by Crippen LogP contribution is -2.50. The Morgan fingerprint density at radius 3 is 2.20 bits per heavy atom. The zero-order chi connectivity index (χ0) is 25.6. The van der Waals surface area contributed by atoms with Crippen LogP contribution in [0, 0.1) is 5.41 Å². The van der Waals surface area contributed by atoms with Crippen molar-refractivity contribution >= 4 is 27.6 Å². The van der Waals surface area contributed by atoms with Gasteiger partial charge in [-0.3, -0.25) is 9.88 Å². The summed E-state index contributed by atoms with van der Waals surface area (Å²) >= 11 is 5.93. The molecule has 0 aliphatic carbocycles. The second-order valence-corrected chi connectivity index (χ2v) is 11.7. The van der Waals surface area contributed by atoms with Gasteiger partial charge in [-0.2, -0.15) is 0 Å². The Hall–Kier alpha value is -2.78. The summed E-state index contributed by atoms with van der Waals surface area (Å²) in [5.41, 5.74) is 1.74. The van der Waals surface area contributed by atoms with E-state index in [2.05, 4.69) is 14.6 Å². The molecule has 35 heavy (non-hydrogen) atoms. The topological polar surface area (TPSA) is 99.6 Å². The lowest BCUT2D eigenvalue weighted by Gasteiger charge is -2.36. The number of hydrogen-bond acceptors (Lipinski definition) is 5. The van der Waals surface area contributed by atoms with Gasteiger partial charge in [-0.05, 0) is 59.0 Å². The van der Waals surface area contributed by atoms with E-state index in [0.29, 0.717) is 24.7 Å². The fraction of sp³-hybridized carbons (Fsp3) is 0.308. The number of hydrogen-bond donors (Lipinski definition) is 2. The van der Waals surface area contributed by atoms with Crippen LogP contribution in [0.4, 0.5) is 0 Å². The van der Waals surface area contributed by atoms with Crippen LogP contribution in [-0.2, 0) is 23.1 Å². The van der Waals surface area contributed by atoms with E-state index in [0.717, 1.165) is 11.1 Å². The van der Waals surface area contributed by atoms with Gasteiger partial charge in [0.15, 0.2) is 0 Å². The van der Waals surface area contributed by atoms with Gasteiger partial charge < -0.3 is 5.11 Å². The highest BCUT2D eigenvalue weighted by atomic mass is 35.5. The number of halogens is 1. The molecule has 0 saturated carbocycles. The summed E-state index contributed by atoms with van der Waals surface area (Å²) in [6.07, 6.45) is 3.49. The maximum atomic E-state index is 13.2. The third-order valence-electron chi connectivity index (χ3n) is 5.64. The number of carbonyl (C=O) groups is 1. The largest absolute Gasteiger partial charge is 0.478 e. The Balaban J connectivity index is 1.87. The standard InChI is InChI=1S/C26H30ClN3O4S/c1-26(2,3)24(29-35(33,34)23-12-10-22(27)11-13-23)18-30(17-20-5-4-14-28-15-20)16-19-6-8-21(9-7-19)25(31)32/h4-15,24,29H,16-18H2,1-3H3,(H,31,32)/t24-/m1/s1. The molecule has 0 unspecified atom stereocenters. The molecule has 2 aromatic carbocycles. The molecule has 3 rings (SSSR count). The fourth-order valence-corrected chi connectivity index (χ4v) is 5.12. The van der Waals surface area contributed by atoms with E-state index < -0.39 is 22.0 Å². The third-order valence-corrected chi connectivity index (χ3v) is 7.38. The minimum atomic E-state index is -3.78. The molecule has 1 aromatic heterocycles. The van der Waals surface area contributed by atoms with Crippen LogP contribution in [0.1, 0.15) is 42.3 Å². The zero-order valence-electron chi connectivity index (χ0n) is 20.0. The van der Waals surface area contributed by atoms with Gasteiger partial charge in [-0.15, -0.1) is 0 Å². The van der Waals surface area contributed by atoms with Crippen LogP contribution in [0.3, 0.4) is 0 Å². The molecular formula is C26H30ClN3O4S. The monoisotopic (exact) mass is 515 g/mol. The predicted octanol–water partition coefficient (Wildman–Crippen LogP) is 4.83. The first-order valence-electron chi connectivity index (χ1n) is 11.2. The molecule has 0 amide bonds. The number of aromatic nitrogens is 1. The molecule has 0 aliphatic rings. The van der Waals surface area contributed by atoms with Crippen LogP contribution >= 0.6 is 11.6 Å². The summed E-state index contributed by atoms with van der Waals surface area (Å²) in [7, 11) is -3.78. The molecule has 0 aliphatic heterocycles. The Morgan fingerprint density at radius 1 is 1.03 bits per heavy atom. The molecule has 3 aromatic rings. The van der Waals surface area contributed by atoms with Crippen LogP contribution in [-0.4, -0.2) is 42.0 Å². The number of carboxylic acid groups (broad SMARTS) is 1. The maximum absolute atomic E-state index is 13.2. The van der Waals surface area contributed by atoms with E-state index in [1.807, 2.05) is 32.9 Å². The highest BCUT2D eigenvalue weighted by molar-refractivity contribution is 7.89. The lowest BCUT2D eigenvalue weighted by molar-refractivity contribution is 0.0697.